The van der Waals surface area contributed by atoms with Crippen LogP contribution < -0.4 is 5.73 Å². The molecule has 0 saturated carbocycles. The molecule has 15 heavy (non-hydrogen) atoms. The van der Waals surface area contributed by atoms with E-state index in [1.165, 1.54) is 0 Å². The number of nitrogens with zero attached hydrogens (tertiary/aromatic N) is 2. The van der Waals surface area contributed by atoms with Crippen molar-refractivity contribution in [1.29, 1.82) is 0 Å². The van der Waals surface area contributed by atoms with Crippen molar-refractivity contribution in [1.82, 2.24) is 9.80 Å². The van der Waals surface area contributed by atoms with Crippen LogP contribution in [0.5, 0.6) is 0 Å². The molecule has 1 atom stereocenters. The predicted octanol–water partition coefficient (Wildman–Crippen LogP) is 0.524. The van der Waals surface area contributed by atoms with E-state index in [2.05, 4.69) is 30.8 Å². The van der Waals surface area contributed by atoms with Gasteiger partial charge in [-0.15, -0.1) is 0 Å². The number of carbonyl (C=O) groups is 1. The normalized spacial score (nSPS) is 13.5. The minimum atomic E-state index is -0.204. The molecule has 1 amide bonds. The molecule has 1 unspecified atom stereocenters. The van der Waals surface area contributed by atoms with Crippen molar-refractivity contribution >= 4 is 5.91 Å². The Morgan fingerprint density at radius 2 is 1.87 bits per heavy atom. The molecule has 90 valence electrons. The monoisotopic (exact) mass is 215 g/mol. The second-order valence-corrected chi connectivity index (χ2v) is 4.11. The average Bonchev–Trinajstić information content (AvgIpc) is 2.15. The standard InChI is InChI=1S/C11H25N3O/c1-5-10(11(12)15)14(6-2)9-7-8-13(3)4/h10H,5-9H2,1-4H3,(H2,12,15). The molecule has 0 aliphatic carbocycles. The van der Waals surface area contributed by atoms with Crippen LogP contribution in [-0.2, 0) is 4.79 Å². The first-order valence-corrected chi connectivity index (χ1v) is 5.71. The molecule has 0 aliphatic rings. The molecular formula is C11H25N3O. The van der Waals surface area contributed by atoms with Gasteiger partial charge in [-0.1, -0.05) is 13.8 Å². The number of nitrogens with two attached hydrogens (primary N) is 1. The van der Waals surface area contributed by atoms with E-state index in [4.69, 9.17) is 5.73 Å². The van der Waals surface area contributed by atoms with Crippen LogP contribution in [0.1, 0.15) is 26.7 Å². The molecule has 4 heteroatoms. The van der Waals surface area contributed by atoms with Gasteiger partial charge in [-0.2, -0.15) is 0 Å². The Balaban J connectivity index is 4.04. The Labute approximate surface area is 93.4 Å². The highest BCUT2D eigenvalue weighted by molar-refractivity contribution is 5.79. The zero-order valence-corrected chi connectivity index (χ0v) is 10.5. The van der Waals surface area contributed by atoms with Gasteiger partial charge < -0.3 is 10.6 Å². The number of amides is 1. The van der Waals surface area contributed by atoms with Crippen LogP contribution in [0.3, 0.4) is 0 Å². The molecule has 0 radical (unpaired) electrons. The van der Waals surface area contributed by atoms with Crippen molar-refractivity contribution in [2.24, 2.45) is 5.73 Å². The predicted molar refractivity (Wildman–Crippen MR) is 63.7 cm³/mol. The fraction of sp³-hybridized carbons (Fsp3) is 0.909. The van der Waals surface area contributed by atoms with E-state index >= 15 is 0 Å². The van der Waals surface area contributed by atoms with Gasteiger partial charge in [-0.3, -0.25) is 9.69 Å². The van der Waals surface area contributed by atoms with Crippen LogP contribution in [0.25, 0.3) is 0 Å². The third kappa shape index (κ3) is 5.74. The molecule has 0 spiro atoms. The second kappa shape index (κ2) is 7.65. The van der Waals surface area contributed by atoms with E-state index in [1.807, 2.05) is 6.92 Å². The first-order valence-electron chi connectivity index (χ1n) is 5.71. The topological polar surface area (TPSA) is 49.6 Å². The van der Waals surface area contributed by atoms with Crippen molar-refractivity contribution in [2.45, 2.75) is 32.7 Å². The maximum Gasteiger partial charge on any atom is 0.234 e. The van der Waals surface area contributed by atoms with Crippen molar-refractivity contribution in [2.75, 3.05) is 33.7 Å². The van der Waals surface area contributed by atoms with Gasteiger partial charge in [0, 0.05) is 6.54 Å². The summed E-state index contributed by atoms with van der Waals surface area (Å²) in [5.41, 5.74) is 5.36. The summed E-state index contributed by atoms with van der Waals surface area (Å²) in [7, 11) is 4.11. The third-order valence-corrected chi connectivity index (χ3v) is 2.61. The Bertz CT molecular complexity index is 183. The van der Waals surface area contributed by atoms with E-state index < -0.39 is 0 Å². The lowest BCUT2D eigenvalue weighted by Gasteiger charge is -2.27. The highest BCUT2D eigenvalue weighted by atomic mass is 16.1. The molecular weight excluding hydrogens is 190 g/mol. The lowest BCUT2D eigenvalue weighted by atomic mass is 10.1. The fourth-order valence-corrected chi connectivity index (χ4v) is 1.76. The average molecular weight is 215 g/mol. The van der Waals surface area contributed by atoms with Gasteiger partial charge in [0.2, 0.25) is 5.91 Å². The molecule has 0 aliphatic heterocycles. The number of hydrogen-bond donors (Lipinski definition) is 1. The second-order valence-electron chi connectivity index (χ2n) is 4.11. The number of likely N-dealkylation sites (N-methyl/N-ethyl adjacent to an activating group) is 1. The molecule has 0 bridgehead atoms. The van der Waals surface area contributed by atoms with Gasteiger partial charge in [-0.25, -0.2) is 0 Å². The molecule has 0 aromatic heterocycles. The smallest absolute Gasteiger partial charge is 0.234 e. The van der Waals surface area contributed by atoms with Crippen LogP contribution >= 0.6 is 0 Å². The first-order chi connectivity index (χ1) is 7.02. The largest absolute Gasteiger partial charge is 0.368 e. The quantitative estimate of drug-likeness (QED) is 0.642. The number of rotatable bonds is 8. The first kappa shape index (κ1) is 14.4. The summed E-state index contributed by atoms with van der Waals surface area (Å²) in [6, 6.07) is -0.0998. The van der Waals surface area contributed by atoms with Gasteiger partial charge in [0.25, 0.3) is 0 Å². The van der Waals surface area contributed by atoms with Crippen LogP contribution in [0.2, 0.25) is 0 Å². The number of primary amides is 1. The van der Waals surface area contributed by atoms with Gasteiger partial charge in [-0.05, 0) is 40.0 Å². The van der Waals surface area contributed by atoms with E-state index in [0.717, 1.165) is 32.5 Å². The summed E-state index contributed by atoms with van der Waals surface area (Å²) in [5, 5.41) is 0. The summed E-state index contributed by atoms with van der Waals surface area (Å²) in [4.78, 5) is 15.5. The maximum absolute atomic E-state index is 11.2. The minimum absolute atomic E-state index is 0.0998. The SMILES string of the molecule is CCC(C(N)=O)N(CC)CCCN(C)C. The van der Waals surface area contributed by atoms with E-state index in [0.29, 0.717) is 0 Å². The summed E-state index contributed by atoms with van der Waals surface area (Å²) in [6.45, 7) is 6.95. The van der Waals surface area contributed by atoms with Crippen molar-refractivity contribution in [3.63, 3.8) is 0 Å². The highest BCUT2D eigenvalue weighted by Gasteiger charge is 2.19. The molecule has 4 nitrogen and oxygen atoms in total. The van der Waals surface area contributed by atoms with E-state index in [-0.39, 0.29) is 11.9 Å². The molecule has 0 saturated heterocycles. The molecule has 0 aromatic rings. The summed E-state index contributed by atoms with van der Waals surface area (Å²) >= 11 is 0. The molecule has 2 N–H and O–H groups in total. The van der Waals surface area contributed by atoms with Crippen LogP contribution in [0.15, 0.2) is 0 Å². The van der Waals surface area contributed by atoms with Gasteiger partial charge in [0.15, 0.2) is 0 Å². The van der Waals surface area contributed by atoms with E-state index in [9.17, 15) is 4.79 Å². The van der Waals surface area contributed by atoms with Crippen molar-refractivity contribution in [3.8, 4) is 0 Å². The lowest BCUT2D eigenvalue weighted by molar-refractivity contribution is -0.123. The highest BCUT2D eigenvalue weighted by Crippen LogP contribution is 2.04. The summed E-state index contributed by atoms with van der Waals surface area (Å²) in [6.07, 6.45) is 1.87. The van der Waals surface area contributed by atoms with Gasteiger partial charge in [0.05, 0.1) is 6.04 Å². The summed E-state index contributed by atoms with van der Waals surface area (Å²) in [5.74, 6) is -0.204. The van der Waals surface area contributed by atoms with Crippen LogP contribution in [0, 0.1) is 0 Å². The Kier molecular flexibility index (Phi) is 7.34. The Morgan fingerprint density at radius 1 is 1.27 bits per heavy atom. The van der Waals surface area contributed by atoms with Gasteiger partial charge >= 0.3 is 0 Å². The molecule has 0 rings (SSSR count). The minimum Gasteiger partial charge on any atom is -0.368 e. The fourth-order valence-electron chi connectivity index (χ4n) is 1.76. The molecule has 0 aromatic carbocycles. The lowest BCUT2D eigenvalue weighted by Crippen LogP contribution is -2.45. The number of carbonyl (C=O) groups excluding carboxylic acids is 1. The van der Waals surface area contributed by atoms with Gasteiger partial charge in [0.1, 0.15) is 0 Å². The van der Waals surface area contributed by atoms with Crippen molar-refractivity contribution < 1.29 is 4.79 Å². The zero-order valence-electron chi connectivity index (χ0n) is 10.5. The third-order valence-electron chi connectivity index (χ3n) is 2.61. The number of hydrogen-bond acceptors (Lipinski definition) is 3. The molecule has 0 heterocycles. The zero-order chi connectivity index (χ0) is 11.8. The van der Waals surface area contributed by atoms with Crippen LogP contribution in [0.4, 0.5) is 0 Å². The van der Waals surface area contributed by atoms with Crippen LogP contribution in [-0.4, -0.2) is 55.5 Å². The summed E-state index contributed by atoms with van der Waals surface area (Å²) < 4.78 is 0. The van der Waals surface area contributed by atoms with Crippen molar-refractivity contribution in [3.05, 3.63) is 0 Å². The Hall–Kier alpha value is -0.610. The Morgan fingerprint density at radius 3 is 2.20 bits per heavy atom. The van der Waals surface area contributed by atoms with E-state index in [1.54, 1.807) is 0 Å². The maximum atomic E-state index is 11.2. The molecule has 0 fully saturated rings.